The van der Waals surface area contributed by atoms with Crippen molar-refractivity contribution >= 4 is 16.1 Å². The molecule has 0 atom stereocenters. The molecule has 0 amide bonds. The highest BCUT2D eigenvalue weighted by Gasteiger charge is 2.75. The molecule has 4 bridgehead atoms. The number of rotatable bonds is 5. The lowest BCUT2D eigenvalue weighted by atomic mass is 9.49. The second kappa shape index (κ2) is 6.48. The first kappa shape index (κ1) is 21.7. The zero-order valence-electron chi connectivity index (χ0n) is 14.6. The molecule has 0 aromatic heterocycles. The molecule has 0 unspecified atom stereocenters. The molecule has 0 heterocycles. The van der Waals surface area contributed by atoms with E-state index in [1.54, 1.807) is 0 Å². The summed E-state index contributed by atoms with van der Waals surface area (Å²) in [7, 11) is -5.15. The van der Waals surface area contributed by atoms with Crippen LogP contribution >= 0.6 is 0 Å². The zero-order valence-corrected chi connectivity index (χ0v) is 15.5. The van der Waals surface area contributed by atoms with E-state index in [0.29, 0.717) is 0 Å². The topological polar surface area (TPSA) is 80.7 Å². The van der Waals surface area contributed by atoms with E-state index >= 15 is 0 Å². The molecule has 1 N–H and O–H groups in total. The summed E-state index contributed by atoms with van der Waals surface area (Å²) < 4.78 is 116. The fourth-order valence-electron chi connectivity index (χ4n) is 5.51. The Labute approximate surface area is 157 Å². The van der Waals surface area contributed by atoms with Crippen LogP contribution in [0.15, 0.2) is 0 Å². The first-order valence-electron chi connectivity index (χ1n) is 8.89. The Balaban J connectivity index is 1.93. The lowest BCUT2D eigenvalue weighted by Crippen LogP contribution is -2.62. The molecule has 162 valence electrons. The van der Waals surface area contributed by atoms with Gasteiger partial charge in [-0.15, -0.1) is 0 Å². The van der Waals surface area contributed by atoms with E-state index in [4.69, 9.17) is 4.55 Å². The predicted octanol–water partition coefficient (Wildman–Crippen LogP) is 3.89. The normalized spacial score (nSPS) is 33.2. The average Bonchev–Trinajstić information content (AvgIpc) is 2.46. The van der Waals surface area contributed by atoms with Gasteiger partial charge in [-0.3, -0.25) is 9.35 Å². The van der Waals surface area contributed by atoms with Gasteiger partial charge in [0.15, 0.2) is 0 Å². The predicted molar refractivity (Wildman–Crippen MR) is 82.6 cm³/mol. The molecule has 4 aliphatic rings. The Morgan fingerprint density at radius 3 is 1.64 bits per heavy atom. The van der Waals surface area contributed by atoms with Gasteiger partial charge in [0.2, 0.25) is 0 Å². The first-order chi connectivity index (χ1) is 12.6. The SMILES string of the molecule is O=C(OC(CCS(=O)(=O)O)(C(F)(F)F)C(F)(F)F)C12CC3CC(CC(C3)C1)C2. The largest absolute Gasteiger partial charge is 0.439 e. The molecule has 0 aliphatic heterocycles. The van der Waals surface area contributed by atoms with Crippen molar-refractivity contribution in [3.05, 3.63) is 0 Å². The molecule has 0 aromatic carbocycles. The highest BCUT2D eigenvalue weighted by Crippen LogP contribution is 2.61. The van der Waals surface area contributed by atoms with Gasteiger partial charge >= 0.3 is 23.9 Å². The number of halogens is 6. The van der Waals surface area contributed by atoms with Gasteiger partial charge in [0, 0.05) is 6.42 Å². The van der Waals surface area contributed by atoms with Crippen LogP contribution in [0.25, 0.3) is 0 Å². The van der Waals surface area contributed by atoms with Crippen LogP contribution in [-0.2, 0) is 19.6 Å². The highest BCUT2D eigenvalue weighted by atomic mass is 32.2. The Kier molecular flexibility index (Phi) is 5.01. The number of alkyl halides is 6. The second-order valence-corrected chi connectivity index (χ2v) is 10.0. The third-order valence-electron chi connectivity index (χ3n) is 6.37. The third kappa shape index (κ3) is 3.73. The lowest BCUT2D eigenvalue weighted by Gasteiger charge is -2.55. The van der Waals surface area contributed by atoms with Crippen molar-refractivity contribution in [2.45, 2.75) is 62.9 Å². The minimum atomic E-state index is -6.10. The average molecular weight is 438 g/mol. The quantitative estimate of drug-likeness (QED) is 0.400. The number of carbonyl (C=O) groups excluding carboxylic acids is 1. The number of esters is 1. The van der Waals surface area contributed by atoms with Gasteiger partial charge in [0.25, 0.3) is 10.1 Å². The number of hydrogen-bond acceptors (Lipinski definition) is 4. The smallest absolute Gasteiger partial charge is 0.437 e. The van der Waals surface area contributed by atoms with Crippen LogP contribution in [0.5, 0.6) is 0 Å². The minimum Gasteiger partial charge on any atom is -0.439 e. The van der Waals surface area contributed by atoms with Gasteiger partial charge in [0.05, 0.1) is 11.2 Å². The van der Waals surface area contributed by atoms with Crippen LogP contribution in [0.1, 0.15) is 44.9 Å². The summed E-state index contributed by atoms with van der Waals surface area (Å²) in [6.45, 7) is 0. The van der Waals surface area contributed by atoms with Crippen molar-refractivity contribution in [3.63, 3.8) is 0 Å². The molecule has 12 heteroatoms. The first-order valence-corrected chi connectivity index (χ1v) is 10.5. The molecule has 4 aliphatic carbocycles. The number of ether oxygens (including phenoxy) is 1. The van der Waals surface area contributed by atoms with Gasteiger partial charge in [-0.25, -0.2) is 0 Å². The molecule has 4 fully saturated rings. The summed E-state index contributed by atoms with van der Waals surface area (Å²) in [5.41, 5.74) is -6.38. The van der Waals surface area contributed by atoms with E-state index in [0.717, 1.165) is 19.3 Å². The highest BCUT2D eigenvalue weighted by molar-refractivity contribution is 7.85. The van der Waals surface area contributed by atoms with E-state index in [9.17, 15) is 39.6 Å². The molecule has 0 saturated heterocycles. The number of carbonyl (C=O) groups is 1. The Bertz CT molecular complexity index is 692. The maximum Gasteiger partial charge on any atom is 0.437 e. The Morgan fingerprint density at radius 2 is 1.32 bits per heavy atom. The maximum absolute atomic E-state index is 13.5. The van der Waals surface area contributed by atoms with E-state index in [1.165, 1.54) is 0 Å². The van der Waals surface area contributed by atoms with Crippen LogP contribution in [-0.4, -0.2) is 42.6 Å². The second-order valence-electron chi connectivity index (χ2n) is 8.45. The lowest BCUT2D eigenvalue weighted by molar-refractivity contribution is -0.373. The molecule has 4 saturated carbocycles. The van der Waals surface area contributed by atoms with E-state index in [1.807, 2.05) is 0 Å². The van der Waals surface area contributed by atoms with E-state index < -0.39 is 51.6 Å². The van der Waals surface area contributed by atoms with Crippen LogP contribution in [0, 0.1) is 23.2 Å². The van der Waals surface area contributed by atoms with Gasteiger partial charge < -0.3 is 4.74 Å². The van der Waals surface area contributed by atoms with Crippen molar-refractivity contribution in [3.8, 4) is 0 Å². The van der Waals surface area contributed by atoms with Crippen molar-refractivity contribution < 1.29 is 48.8 Å². The van der Waals surface area contributed by atoms with Crippen molar-refractivity contribution in [2.24, 2.45) is 23.2 Å². The summed E-state index contributed by atoms with van der Waals surface area (Å²) in [4.78, 5) is 12.7. The summed E-state index contributed by atoms with van der Waals surface area (Å²) in [6, 6.07) is 0. The summed E-state index contributed by atoms with van der Waals surface area (Å²) in [5.74, 6) is -3.20. The summed E-state index contributed by atoms with van der Waals surface area (Å²) in [5, 5.41) is 0. The molecule has 28 heavy (non-hydrogen) atoms. The van der Waals surface area contributed by atoms with Gasteiger partial charge in [-0.05, 0) is 56.3 Å². The van der Waals surface area contributed by atoms with Gasteiger partial charge in [-0.2, -0.15) is 34.8 Å². The molecule has 5 nitrogen and oxygen atoms in total. The summed E-state index contributed by atoms with van der Waals surface area (Å²) >= 11 is 0. The van der Waals surface area contributed by atoms with Crippen LogP contribution in [0.2, 0.25) is 0 Å². The monoisotopic (exact) mass is 438 g/mol. The molecular formula is C16H20F6O5S. The molecule has 0 aromatic rings. The van der Waals surface area contributed by atoms with Gasteiger partial charge in [0.1, 0.15) is 0 Å². The van der Waals surface area contributed by atoms with Crippen molar-refractivity contribution in [2.75, 3.05) is 5.75 Å². The zero-order chi connectivity index (χ0) is 21.2. The molecule has 0 radical (unpaired) electrons. The third-order valence-corrected chi connectivity index (χ3v) is 7.09. The van der Waals surface area contributed by atoms with Crippen molar-refractivity contribution in [1.29, 1.82) is 0 Å². The van der Waals surface area contributed by atoms with E-state index in [2.05, 4.69) is 4.74 Å². The van der Waals surface area contributed by atoms with Crippen LogP contribution in [0.4, 0.5) is 26.3 Å². The van der Waals surface area contributed by atoms with Gasteiger partial charge in [-0.1, -0.05) is 0 Å². The fourth-order valence-corrected chi connectivity index (χ4v) is 6.06. The van der Waals surface area contributed by atoms with E-state index in [-0.39, 0.29) is 37.0 Å². The summed E-state index contributed by atoms with van der Waals surface area (Å²) in [6.07, 6.45) is -11.4. The Hall–Kier alpha value is -1.04. The standard InChI is InChI=1S/C16H20F6O5S/c17-15(18,19)14(16(20,21)22,1-2-28(24,25)26)27-12(23)13-6-9-3-10(7-13)5-11(4-9)8-13/h9-11H,1-8H2,(H,24,25,26). The van der Waals surface area contributed by atoms with Crippen LogP contribution in [0.3, 0.4) is 0 Å². The minimum absolute atomic E-state index is 0.0720. The van der Waals surface area contributed by atoms with Crippen molar-refractivity contribution in [1.82, 2.24) is 0 Å². The number of hydrogen-bond donors (Lipinski definition) is 1. The van der Waals surface area contributed by atoms with Crippen LogP contribution < -0.4 is 0 Å². The fraction of sp³-hybridized carbons (Fsp3) is 0.938. The Morgan fingerprint density at radius 1 is 0.929 bits per heavy atom. The maximum atomic E-state index is 13.5. The molecular weight excluding hydrogens is 418 g/mol. The molecule has 4 rings (SSSR count). The molecule has 0 spiro atoms.